The Morgan fingerprint density at radius 3 is 2.61 bits per heavy atom. The van der Waals surface area contributed by atoms with Crippen LogP contribution < -0.4 is 10.6 Å². The summed E-state index contributed by atoms with van der Waals surface area (Å²) >= 11 is 0. The van der Waals surface area contributed by atoms with Crippen molar-refractivity contribution in [1.29, 1.82) is 0 Å². The molecule has 0 radical (unpaired) electrons. The first kappa shape index (κ1) is 25.0. The number of rotatable bonds is 15. The summed E-state index contributed by atoms with van der Waals surface area (Å²) in [6, 6.07) is 10.4. The molecule has 0 saturated carbocycles. The highest BCUT2D eigenvalue weighted by atomic mass is 16.1. The second-order valence-corrected chi connectivity index (χ2v) is 8.86. The van der Waals surface area contributed by atoms with E-state index in [1.807, 2.05) is 31.3 Å². The van der Waals surface area contributed by atoms with Gasteiger partial charge in [-0.25, -0.2) is 0 Å². The molecule has 0 saturated heterocycles. The normalized spacial score (nSPS) is 12.3. The summed E-state index contributed by atoms with van der Waals surface area (Å²) in [4.78, 5) is 28.4. The fourth-order valence-corrected chi connectivity index (χ4v) is 3.62. The van der Waals surface area contributed by atoms with Gasteiger partial charge in [-0.05, 0) is 42.9 Å². The number of nitrogens with zero attached hydrogens (tertiary/aromatic N) is 1. The Morgan fingerprint density at radius 1 is 1.03 bits per heavy atom. The van der Waals surface area contributed by atoms with Gasteiger partial charge < -0.3 is 10.6 Å². The molecule has 5 heteroatoms. The predicted octanol–water partition coefficient (Wildman–Crippen LogP) is 5.18. The number of pyridine rings is 1. The summed E-state index contributed by atoms with van der Waals surface area (Å²) in [5.41, 5.74) is 2.14. The molecular weight excluding hydrogens is 386 g/mol. The molecule has 170 valence electrons. The molecule has 2 aromatic rings. The van der Waals surface area contributed by atoms with Crippen molar-refractivity contribution in [1.82, 2.24) is 15.6 Å². The topological polar surface area (TPSA) is 71.1 Å². The van der Waals surface area contributed by atoms with Crippen molar-refractivity contribution < 1.29 is 9.59 Å². The van der Waals surface area contributed by atoms with E-state index in [2.05, 4.69) is 41.6 Å². The molecule has 0 bridgehead atoms. The van der Waals surface area contributed by atoms with Crippen molar-refractivity contribution in [2.45, 2.75) is 84.7 Å². The molecule has 0 aliphatic rings. The lowest BCUT2D eigenvalue weighted by Crippen LogP contribution is -2.42. The van der Waals surface area contributed by atoms with E-state index in [0.29, 0.717) is 31.0 Å². The third-order valence-corrected chi connectivity index (χ3v) is 5.58. The summed E-state index contributed by atoms with van der Waals surface area (Å²) in [7, 11) is 0. The van der Waals surface area contributed by atoms with Gasteiger partial charge in [0, 0.05) is 50.0 Å². The molecule has 31 heavy (non-hydrogen) atoms. The van der Waals surface area contributed by atoms with Crippen LogP contribution in [0.2, 0.25) is 0 Å². The third-order valence-electron chi connectivity index (χ3n) is 5.58. The second kappa shape index (κ2) is 13.9. The Balaban J connectivity index is 1.82. The molecule has 2 N–H and O–H groups in total. The summed E-state index contributed by atoms with van der Waals surface area (Å²) in [6.45, 7) is 7.65. The van der Waals surface area contributed by atoms with Gasteiger partial charge in [0.15, 0.2) is 0 Å². The minimum absolute atomic E-state index is 0.106. The number of hydrogen-bond donors (Lipinski definition) is 2. The number of Topliss-reactive ketones (excluding diaryl/α,β-unsaturated/α-hetero) is 1. The molecule has 1 heterocycles. The smallest absolute Gasteiger partial charge is 0.220 e. The summed E-state index contributed by atoms with van der Waals surface area (Å²) < 4.78 is 0. The van der Waals surface area contributed by atoms with Crippen LogP contribution in [0.4, 0.5) is 0 Å². The second-order valence-electron chi connectivity index (χ2n) is 8.86. The number of amides is 1. The van der Waals surface area contributed by atoms with Gasteiger partial charge in [-0.3, -0.25) is 14.6 Å². The molecule has 1 aromatic heterocycles. The van der Waals surface area contributed by atoms with Crippen LogP contribution in [0.5, 0.6) is 0 Å². The van der Waals surface area contributed by atoms with Gasteiger partial charge in [-0.2, -0.15) is 0 Å². The average molecular weight is 426 g/mol. The van der Waals surface area contributed by atoms with Gasteiger partial charge in [0.05, 0.1) is 5.52 Å². The van der Waals surface area contributed by atoms with E-state index >= 15 is 0 Å². The summed E-state index contributed by atoms with van der Waals surface area (Å²) in [5, 5.41) is 7.85. The Hall–Kier alpha value is -2.27. The average Bonchev–Trinajstić information content (AvgIpc) is 2.77. The van der Waals surface area contributed by atoms with E-state index in [0.717, 1.165) is 61.7 Å². The molecule has 2 rings (SSSR count). The molecular formula is C26H39N3O2. The minimum atomic E-state index is 0.106. The van der Waals surface area contributed by atoms with Crippen LogP contribution in [-0.4, -0.2) is 29.3 Å². The van der Waals surface area contributed by atoms with Crippen molar-refractivity contribution in [3.8, 4) is 0 Å². The monoisotopic (exact) mass is 425 g/mol. The van der Waals surface area contributed by atoms with Crippen molar-refractivity contribution in [3.63, 3.8) is 0 Å². The van der Waals surface area contributed by atoms with Crippen molar-refractivity contribution >= 4 is 22.6 Å². The number of carbonyl (C=O) groups is 2. The van der Waals surface area contributed by atoms with Crippen molar-refractivity contribution in [3.05, 3.63) is 42.1 Å². The first-order valence-corrected chi connectivity index (χ1v) is 11.8. The number of carbonyl (C=O) groups excluding carboxylic acids is 2. The van der Waals surface area contributed by atoms with Crippen LogP contribution in [-0.2, 0) is 16.1 Å². The number of fused-ring (bicyclic) bond motifs is 1. The number of unbranched alkanes of at least 4 members (excludes halogenated alkanes) is 2. The van der Waals surface area contributed by atoms with Crippen LogP contribution >= 0.6 is 0 Å². The van der Waals surface area contributed by atoms with Crippen LogP contribution in [0.1, 0.15) is 77.7 Å². The van der Waals surface area contributed by atoms with Gasteiger partial charge in [0.1, 0.15) is 5.78 Å². The number of nitrogens with one attached hydrogen (secondary N) is 2. The molecule has 1 atom stereocenters. The van der Waals surface area contributed by atoms with Gasteiger partial charge in [0.25, 0.3) is 0 Å². The number of ketones is 1. The van der Waals surface area contributed by atoms with E-state index in [-0.39, 0.29) is 11.9 Å². The zero-order valence-electron chi connectivity index (χ0n) is 19.5. The van der Waals surface area contributed by atoms with E-state index in [9.17, 15) is 9.59 Å². The molecule has 0 aliphatic heterocycles. The number of aromatic nitrogens is 1. The van der Waals surface area contributed by atoms with Gasteiger partial charge in [-0.1, -0.05) is 51.8 Å². The number of benzene rings is 1. The zero-order chi connectivity index (χ0) is 22.5. The minimum Gasteiger partial charge on any atom is -0.352 e. The third kappa shape index (κ3) is 10.1. The van der Waals surface area contributed by atoms with Gasteiger partial charge >= 0.3 is 0 Å². The van der Waals surface area contributed by atoms with Crippen LogP contribution in [0.3, 0.4) is 0 Å². The van der Waals surface area contributed by atoms with Crippen molar-refractivity contribution in [2.24, 2.45) is 5.92 Å². The highest BCUT2D eigenvalue weighted by Crippen LogP contribution is 2.13. The quantitative estimate of drug-likeness (QED) is 0.386. The largest absolute Gasteiger partial charge is 0.352 e. The SMILES string of the molecule is CCC(=O)CCCCCC(CNCc1cnc2ccccc2c1)NC(=O)CCC(C)C. The molecule has 0 fully saturated rings. The standard InChI is InChI=1S/C26H39N3O2/c1-4-24(30)12-7-5-6-11-23(29-26(31)15-14-20(2)3)19-27-17-21-16-22-10-8-9-13-25(22)28-18-21/h8-10,13,16,18,20,23,27H,4-7,11-12,14-15,17,19H2,1-3H3,(H,29,31). The van der Waals surface area contributed by atoms with E-state index in [1.165, 1.54) is 0 Å². The predicted molar refractivity (Wildman–Crippen MR) is 128 cm³/mol. The fraction of sp³-hybridized carbons (Fsp3) is 0.577. The van der Waals surface area contributed by atoms with Crippen LogP contribution in [0, 0.1) is 5.92 Å². The Labute approximate surface area is 187 Å². The summed E-state index contributed by atoms with van der Waals surface area (Å²) in [6.07, 6.45) is 8.62. The summed E-state index contributed by atoms with van der Waals surface area (Å²) in [5.74, 6) is 0.997. The highest BCUT2D eigenvalue weighted by Gasteiger charge is 2.13. The maximum Gasteiger partial charge on any atom is 0.220 e. The molecule has 1 aromatic carbocycles. The van der Waals surface area contributed by atoms with Crippen LogP contribution in [0.25, 0.3) is 10.9 Å². The molecule has 5 nitrogen and oxygen atoms in total. The first-order chi connectivity index (χ1) is 15.0. The highest BCUT2D eigenvalue weighted by molar-refractivity contribution is 5.79. The Morgan fingerprint density at radius 2 is 1.84 bits per heavy atom. The number of para-hydroxylation sites is 1. The molecule has 0 aliphatic carbocycles. The maximum absolute atomic E-state index is 12.4. The van der Waals surface area contributed by atoms with Crippen molar-refractivity contribution in [2.75, 3.05) is 6.54 Å². The van der Waals surface area contributed by atoms with E-state index < -0.39 is 0 Å². The lowest BCUT2D eigenvalue weighted by Gasteiger charge is -2.20. The lowest BCUT2D eigenvalue weighted by molar-refractivity contribution is -0.122. The zero-order valence-corrected chi connectivity index (χ0v) is 19.5. The lowest BCUT2D eigenvalue weighted by atomic mass is 10.0. The van der Waals surface area contributed by atoms with Gasteiger partial charge in [-0.15, -0.1) is 0 Å². The van der Waals surface area contributed by atoms with E-state index in [1.54, 1.807) is 0 Å². The van der Waals surface area contributed by atoms with Crippen LogP contribution in [0.15, 0.2) is 36.5 Å². The van der Waals surface area contributed by atoms with Gasteiger partial charge in [0.2, 0.25) is 5.91 Å². The molecule has 1 amide bonds. The molecule has 0 spiro atoms. The molecule has 1 unspecified atom stereocenters. The fourth-order valence-electron chi connectivity index (χ4n) is 3.62. The Bertz CT molecular complexity index is 819. The van der Waals surface area contributed by atoms with E-state index in [4.69, 9.17) is 0 Å². The maximum atomic E-state index is 12.4. The first-order valence-electron chi connectivity index (χ1n) is 11.8. The number of hydrogen-bond acceptors (Lipinski definition) is 4. The Kier molecular flexibility index (Phi) is 11.2.